The second kappa shape index (κ2) is 8.66. The minimum atomic E-state index is -0.164. The van der Waals surface area contributed by atoms with Gasteiger partial charge in [0.25, 0.3) is 5.91 Å². The standard InChI is InChI=1S/C25H22ClN3O/c1-29(2)16-17-3-4-21-14-23(15-27-24(21)13-17)28-25(30)20-7-5-18(6-8-20)19-9-11-22(26)12-10-19/h3-15H,16H2,1-2H3,(H,28,30). The molecule has 0 bridgehead atoms. The van der Waals surface area contributed by atoms with Crippen LogP contribution < -0.4 is 5.32 Å². The van der Waals surface area contributed by atoms with Gasteiger partial charge in [-0.3, -0.25) is 9.78 Å². The van der Waals surface area contributed by atoms with Crippen LogP contribution in [0.15, 0.2) is 79.0 Å². The average molecular weight is 416 g/mol. The Morgan fingerprint density at radius 2 is 1.60 bits per heavy atom. The lowest BCUT2D eigenvalue weighted by molar-refractivity contribution is 0.102. The summed E-state index contributed by atoms with van der Waals surface area (Å²) in [7, 11) is 4.08. The van der Waals surface area contributed by atoms with Crippen molar-refractivity contribution >= 4 is 34.1 Å². The maximum absolute atomic E-state index is 12.7. The molecule has 1 heterocycles. The SMILES string of the molecule is CN(C)Cc1ccc2cc(NC(=O)c3ccc(-c4ccc(Cl)cc4)cc3)cnc2c1. The molecule has 0 saturated heterocycles. The first-order valence-corrected chi connectivity index (χ1v) is 10.1. The van der Waals surface area contributed by atoms with Gasteiger partial charge in [-0.05, 0) is 67.2 Å². The maximum atomic E-state index is 12.7. The molecule has 30 heavy (non-hydrogen) atoms. The van der Waals surface area contributed by atoms with Crippen LogP contribution >= 0.6 is 11.6 Å². The van der Waals surface area contributed by atoms with Gasteiger partial charge in [0.1, 0.15) is 0 Å². The Kier molecular flexibility index (Phi) is 5.79. The third-order valence-corrected chi connectivity index (χ3v) is 5.08. The van der Waals surface area contributed by atoms with E-state index in [1.54, 1.807) is 6.20 Å². The number of halogens is 1. The molecule has 4 rings (SSSR count). The van der Waals surface area contributed by atoms with Crippen LogP contribution in [0, 0.1) is 0 Å². The van der Waals surface area contributed by atoms with E-state index in [-0.39, 0.29) is 5.91 Å². The van der Waals surface area contributed by atoms with Crippen LogP contribution in [0.4, 0.5) is 5.69 Å². The van der Waals surface area contributed by atoms with Crippen LogP contribution in [0.25, 0.3) is 22.0 Å². The van der Waals surface area contributed by atoms with E-state index in [2.05, 4.69) is 27.3 Å². The molecule has 1 amide bonds. The molecule has 0 fully saturated rings. The second-order valence-electron chi connectivity index (χ2n) is 7.53. The number of pyridine rings is 1. The Balaban J connectivity index is 1.49. The molecule has 0 aliphatic heterocycles. The molecule has 0 aliphatic rings. The molecule has 0 atom stereocenters. The van der Waals surface area contributed by atoms with Gasteiger partial charge in [-0.2, -0.15) is 0 Å². The van der Waals surface area contributed by atoms with Gasteiger partial charge in [-0.25, -0.2) is 0 Å². The third kappa shape index (κ3) is 4.67. The molecule has 0 saturated carbocycles. The van der Waals surface area contributed by atoms with Crippen molar-refractivity contribution < 1.29 is 4.79 Å². The number of hydrogen-bond acceptors (Lipinski definition) is 3. The van der Waals surface area contributed by atoms with Crippen molar-refractivity contribution in [2.75, 3.05) is 19.4 Å². The van der Waals surface area contributed by atoms with Crippen molar-refractivity contribution in [2.24, 2.45) is 0 Å². The first kappa shape index (κ1) is 20.1. The number of rotatable bonds is 5. The first-order valence-electron chi connectivity index (χ1n) is 9.69. The number of carbonyl (C=O) groups is 1. The highest BCUT2D eigenvalue weighted by molar-refractivity contribution is 6.30. The van der Waals surface area contributed by atoms with Gasteiger partial charge in [0.2, 0.25) is 0 Å². The zero-order valence-electron chi connectivity index (χ0n) is 16.9. The number of amides is 1. The molecule has 0 aliphatic carbocycles. The fourth-order valence-corrected chi connectivity index (χ4v) is 3.48. The molecule has 3 aromatic carbocycles. The molecule has 5 heteroatoms. The lowest BCUT2D eigenvalue weighted by atomic mass is 10.0. The van der Waals surface area contributed by atoms with Gasteiger partial charge in [0, 0.05) is 22.5 Å². The van der Waals surface area contributed by atoms with E-state index in [0.29, 0.717) is 16.3 Å². The highest BCUT2D eigenvalue weighted by atomic mass is 35.5. The molecule has 0 spiro atoms. The molecule has 150 valence electrons. The van der Waals surface area contributed by atoms with Crippen molar-refractivity contribution in [3.8, 4) is 11.1 Å². The van der Waals surface area contributed by atoms with Crippen LogP contribution in [-0.4, -0.2) is 29.9 Å². The van der Waals surface area contributed by atoms with E-state index < -0.39 is 0 Å². The molecule has 4 aromatic rings. The molecular weight excluding hydrogens is 394 g/mol. The highest BCUT2D eigenvalue weighted by Crippen LogP contribution is 2.23. The number of nitrogens with one attached hydrogen (secondary N) is 1. The van der Waals surface area contributed by atoms with Crippen molar-refractivity contribution in [2.45, 2.75) is 6.54 Å². The number of anilines is 1. The van der Waals surface area contributed by atoms with Crippen molar-refractivity contribution in [1.82, 2.24) is 9.88 Å². The summed E-state index contributed by atoms with van der Waals surface area (Å²) in [5, 5.41) is 4.63. The molecule has 0 radical (unpaired) electrons. The van der Waals surface area contributed by atoms with Gasteiger partial charge in [-0.15, -0.1) is 0 Å². The van der Waals surface area contributed by atoms with E-state index in [1.165, 1.54) is 5.56 Å². The van der Waals surface area contributed by atoms with Crippen molar-refractivity contribution in [3.63, 3.8) is 0 Å². The Morgan fingerprint density at radius 3 is 2.27 bits per heavy atom. The lowest BCUT2D eigenvalue weighted by Gasteiger charge is -2.11. The fraction of sp³-hybridized carbons (Fsp3) is 0.120. The Bertz CT molecular complexity index is 1190. The minimum absolute atomic E-state index is 0.164. The minimum Gasteiger partial charge on any atom is -0.321 e. The largest absolute Gasteiger partial charge is 0.321 e. The molecular formula is C25H22ClN3O. The number of carbonyl (C=O) groups excluding carboxylic acids is 1. The Morgan fingerprint density at radius 1 is 0.933 bits per heavy atom. The summed E-state index contributed by atoms with van der Waals surface area (Å²) in [6, 6.07) is 23.3. The normalized spacial score (nSPS) is 11.1. The topological polar surface area (TPSA) is 45.2 Å². The Hall–Kier alpha value is -3.21. The predicted octanol–water partition coefficient (Wildman–Crippen LogP) is 5.87. The third-order valence-electron chi connectivity index (χ3n) is 4.83. The maximum Gasteiger partial charge on any atom is 0.255 e. The van der Waals surface area contributed by atoms with Crippen LogP contribution in [0.5, 0.6) is 0 Å². The fourth-order valence-electron chi connectivity index (χ4n) is 3.36. The predicted molar refractivity (Wildman–Crippen MR) is 124 cm³/mol. The van der Waals surface area contributed by atoms with Crippen LogP contribution in [-0.2, 0) is 6.54 Å². The Labute approximate surface area is 181 Å². The van der Waals surface area contributed by atoms with Gasteiger partial charge in [0.15, 0.2) is 0 Å². The van der Waals surface area contributed by atoms with Crippen LogP contribution in [0.3, 0.4) is 0 Å². The molecule has 0 unspecified atom stereocenters. The van der Waals surface area contributed by atoms with E-state index in [1.807, 2.05) is 74.8 Å². The molecule has 1 aromatic heterocycles. The van der Waals surface area contributed by atoms with Crippen molar-refractivity contribution in [3.05, 3.63) is 95.1 Å². The summed E-state index contributed by atoms with van der Waals surface area (Å²) >= 11 is 5.95. The van der Waals surface area contributed by atoms with Crippen LogP contribution in [0.2, 0.25) is 5.02 Å². The van der Waals surface area contributed by atoms with Gasteiger partial charge < -0.3 is 10.2 Å². The number of fused-ring (bicyclic) bond motifs is 1. The van der Waals surface area contributed by atoms with E-state index in [0.717, 1.165) is 28.6 Å². The number of benzene rings is 3. The summed E-state index contributed by atoms with van der Waals surface area (Å²) in [6.45, 7) is 0.863. The average Bonchev–Trinajstić information content (AvgIpc) is 2.74. The van der Waals surface area contributed by atoms with Gasteiger partial charge >= 0.3 is 0 Å². The second-order valence-corrected chi connectivity index (χ2v) is 7.96. The smallest absolute Gasteiger partial charge is 0.255 e. The monoisotopic (exact) mass is 415 g/mol. The summed E-state index contributed by atoms with van der Waals surface area (Å²) in [5.41, 5.74) is 5.48. The number of hydrogen-bond donors (Lipinski definition) is 1. The first-order chi connectivity index (χ1) is 14.5. The summed E-state index contributed by atoms with van der Waals surface area (Å²) in [6.07, 6.45) is 1.70. The van der Waals surface area contributed by atoms with Crippen LogP contribution in [0.1, 0.15) is 15.9 Å². The van der Waals surface area contributed by atoms with Gasteiger partial charge in [-0.1, -0.05) is 48.0 Å². The quantitative estimate of drug-likeness (QED) is 0.443. The van der Waals surface area contributed by atoms with E-state index in [4.69, 9.17) is 11.6 Å². The number of nitrogens with zero attached hydrogens (tertiary/aromatic N) is 2. The zero-order valence-corrected chi connectivity index (χ0v) is 17.6. The summed E-state index contributed by atoms with van der Waals surface area (Å²) < 4.78 is 0. The van der Waals surface area contributed by atoms with Gasteiger partial charge in [0.05, 0.1) is 17.4 Å². The molecule has 1 N–H and O–H groups in total. The van der Waals surface area contributed by atoms with Crippen molar-refractivity contribution in [1.29, 1.82) is 0 Å². The highest BCUT2D eigenvalue weighted by Gasteiger charge is 2.08. The summed E-state index contributed by atoms with van der Waals surface area (Å²) in [4.78, 5) is 19.3. The van der Waals surface area contributed by atoms with E-state index >= 15 is 0 Å². The number of aromatic nitrogens is 1. The lowest BCUT2D eigenvalue weighted by Crippen LogP contribution is -2.12. The molecule has 4 nitrogen and oxygen atoms in total. The summed E-state index contributed by atoms with van der Waals surface area (Å²) in [5.74, 6) is -0.164. The zero-order chi connectivity index (χ0) is 21.1. The van der Waals surface area contributed by atoms with E-state index in [9.17, 15) is 4.79 Å².